The second-order valence-electron chi connectivity index (χ2n) is 7.81. The third-order valence-corrected chi connectivity index (χ3v) is 8.25. The Hall–Kier alpha value is -2.69. The zero-order valence-corrected chi connectivity index (χ0v) is 19.3. The van der Waals surface area contributed by atoms with Gasteiger partial charge in [0.25, 0.3) is 5.91 Å². The molecule has 32 heavy (non-hydrogen) atoms. The van der Waals surface area contributed by atoms with Gasteiger partial charge in [0.15, 0.2) is 0 Å². The Morgan fingerprint density at radius 2 is 1.97 bits per heavy atom. The first-order chi connectivity index (χ1) is 15.2. The van der Waals surface area contributed by atoms with Crippen LogP contribution in [0.15, 0.2) is 47.4 Å². The predicted octanol–water partition coefficient (Wildman–Crippen LogP) is 4.01. The molecule has 0 saturated heterocycles. The summed E-state index contributed by atoms with van der Waals surface area (Å²) in [6.07, 6.45) is 2.96. The zero-order chi connectivity index (χ0) is 22.9. The van der Waals surface area contributed by atoms with E-state index in [1.807, 2.05) is 19.1 Å². The summed E-state index contributed by atoms with van der Waals surface area (Å²) in [5.41, 5.74) is 1.73. The zero-order valence-electron chi connectivity index (χ0n) is 17.7. The molecule has 168 valence electrons. The van der Waals surface area contributed by atoms with E-state index in [-0.39, 0.29) is 27.6 Å². The Kier molecular flexibility index (Phi) is 6.11. The second kappa shape index (κ2) is 8.68. The van der Waals surface area contributed by atoms with E-state index >= 15 is 0 Å². The van der Waals surface area contributed by atoms with Gasteiger partial charge < -0.3 is 0 Å². The quantitative estimate of drug-likeness (QED) is 0.539. The summed E-state index contributed by atoms with van der Waals surface area (Å²) >= 11 is 1.26. The number of hydrogen-bond donors (Lipinski definition) is 2. The van der Waals surface area contributed by atoms with Crippen LogP contribution >= 0.6 is 11.3 Å². The Bertz CT molecular complexity index is 1270. The van der Waals surface area contributed by atoms with Gasteiger partial charge in [0.2, 0.25) is 15.2 Å². The van der Waals surface area contributed by atoms with Gasteiger partial charge in [-0.25, -0.2) is 17.5 Å². The van der Waals surface area contributed by atoms with E-state index in [1.54, 1.807) is 6.92 Å². The molecule has 2 N–H and O–H groups in total. The molecule has 0 unspecified atom stereocenters. The number of nitrogens with zero attached hydrogens (tertiary/aromatic N) is 2. The molecule has 1 amide bonds. The van der Waals surface area contributed by atoms with Crippen LogP contribution in [-0.4, -0.2) is 31.1 Å². The Morgan fingerprint density at radius 3 is 2.62 bits per heavy atom. The van der Waals surface area contributed by atoms with Crippen molar-refractivity contribution in [1.82, 2.24) is 14.9 Å². The maximum atomic E-state index is 14.3. The highest BCUT2D eigenvalue weighted by atomic mass is 32.2. The summed E-state index contributed by atoms with van der Waals surface area (Å²) in [6, 6.07) is 11.4. The lowest BCUT2D eigenvalue weighted by atomic mass is 9.65. The molecule has 0 atom stereocenters. The number of anilines is 1. The fourth-order valence-corrected chi connectivity index (χ4v) is 5.92. The smallest absolute Gasteiger partial charge is 0.260 e. The number of hydrogen-bond acceptors (Lipinski definition) is 6. The minimum atomic E-state index is -3.82. The average Bonchev–Trinajstić information content (AvgIpc) is 3.15. The number of aryl methyl sites for hydroxylation is 1. The molecule has 1 saturated carbocycles. The summed E-state index contributed by atoms with van der Waals surface area (Å²) in [5.74, 6) is -1.60. The van der Waals surface area contributed by atoms with Gasteiger partial charge in [-0.15, -0.1) is 10.2 Å². The summed E-state index contributed by atoms with van der Waals surface area (Å²) in [7, 11) is -3.82. The first-order valence-corrected chi connectivity index (χ1v) is 12.6. The van der Waals surface area contributed by atoms with E-state index in [1.165, 1.54) is 16.9 Å². The van der Waals surface area contributed by atoms with Crippen molar-refractivity contribution in [3.8, 4) is 0 Å². The van der Waals surface area contributed by atoms with E-state index < -0.39 is 21.7 Å². The summed E-state index contributed by atoms with van der Waals surface area (Å²) in [6.45, 7) is 3.85. The molecule has 1 aromatic heterocycles. The van der Waals surface area contributed by atoms with Crippen molar-refractivity contribution < 1.29 is 17.6 Å². The fourth-order valence-electron chi connectivity index (χ4n) is 3.85. The van der Waals surface area contributed by atoms with Gasteiger partial charge in [0.1, 0.15) is 10.8 Å². The molecule has 0 aliphatic heterocycles. The van der Waals surface area contributed by atoms with Crippen LogP contribution in [0.25, 0.3) is 0 Å². The van der Waals surface area contributed by atoms with Crippen molar-refractivity contribution in [3.05, 3.63) is 70.0 Å². The van der Waals surface area contributed by atoms with Gasteiger partial charge in [0.05, 0.1) is 10.5 Å². The molecule has 1 fully saturated rings. The fraction of sp³-hybridized carbons (Fsp3) is 0.318. The highest BCUT2D eigenvalue weighted by molar-refractivity contribution is 7.89. The molecule has 2 aromatic carbocycles. The molecule has 0 bridgehead atoms. The minimum Gasteiger partial charge on any atom is -0.296 e. The van der Waals surface area contributed by atoms with Gasteiger partial charge in [-0.3, -0.25) is 10.1 Å². The van der Waals surface area contributed by atoms with Crippen molar-refractivity contribution in [2.75, 3.05) is 11.9 Å². The molecule has 0 spiro atoms. The number of sulfonamides is 1. The lowest BCUT2D eigenvalue weighted by molar-refractivity contribution is 0.102. The first kappa shape index (κ1) is 22.5. The highest BCUT2D eigenvalue weighted by Crippen LogP contribution is 2.50. The number of halogens is 1. The number of nitrogens with one attached hydrogen (secondary N) is 2. The first-order valence-electron chi connectivity index (χ1n) is 10.3. The van der Waals surface area contributed by atoms with Crippen molar-refractivity contribution in [1.29, 1.82) is 0 Å². The predicted molar refractivity (Wildman–Crippen MR) is 121 cm³/mol. The average molecular weight is 475 g/mol. The topological polar surface area (TPSA) is 101 Å². The van der Waals surface area contributed by atoms with Gasteiger partial charge in [-0.05, 0) is 43.5 Å². The maximum Gasteiger partial charge on any atom is 0.260 e. The van der Waals surface area contributed by atoms with Crippen molar-refractivity contribution in [2.24, 2.45) is 0 Å². The third-order valence-electron chi connectivity index (χ3n) is 5.66. The number of benzene rings is 2. The monoisotopic (exact) mass is 474 g/mol. The standard InChI is InChI=1S/C22H23FN4O3S2/c1-3-24-32(29,30)16-8-9-18(23)17(13-16)19(28)25-21-27-26-20(31-21)22(10-5-11-22)15-7-4-6-14(2)12-15/h4,6-9,12-13,24H,3,5,10-11H2,1-2H3,(H,25,27,28). The Morgan fingerprint density at radius 1 is 1.19 bits per heavy atom. The van der Waals surface area contributed by atoms with Crippen LogP contribution in [-0.2, 0) is 15.4 Å². The van der Waals surface area contributed by atoms with Crippen LogP contribution in [0.1, 0.15) is 52.7 Å². The molecule has 7 nitrogen and oxygen atoms in total. The van der Waals surface area contributed by atoms with Crippen molar-refractivity contribution >= 4 is 32.4 Å². The Labute approximate surface area is 190 Å². The van der Waals surface area contributed by atoms with Gasteiger partial charge in [0, 0.05) is 12.0 Å². The highest BCUT2D eigenvalue weighted by Gasteiger charge is 2.43. The summed E-state index contributed by atoms with van der Waals surface area (Å²) in [5, 5.41) is 12.0. The number of aromatic nitrogens is 2. The van der Waals surface area contributed by atoms with Crippen LogP contribution < -0.4 is 10.0 Å². The van der Waals surface area contributed by atoms with Gasteiger partial charge in [-0.2, -0.15) is 0 Å². The molecule has 1 heterocycles. The largest absolute Gasteiger partial charge is 0.296 e. The van der Waals surface area contributed by atoms with Crippen LogP contribution in [0, 0.1) is 12.7 Å². The molecule has 1 aliphatic rings. The normalized spacial score (nSPS) is 15.2. The van der Waals surface area contributed by atoms with Gasteiger partial charge >= 0.3 is 0 Å². The number of carbonyl (C=O) groups excluding carboxylic acids is 1. The van der Waals surface area contributed by atoms with E-state index in [4.69, 9.17) is 0 Å². The molecular formula is C22H23FN4O3S2. The van der Waals surface area contributed by atoms with Crippen molar-refractivity contribution in [3.63, 3.8) is 0 Å². The molecular weight excluding hydrogens is 451 g/mol. The van der Waals surface area contributed by atoms with Crippen LogP contribution in [0.2, 0.25) is 0 Å². The lowest BCUT2D eigenvalue weighted by Gasteiger charge is -2.40. The van der Waals surface area contributed by atoms with E-state index in [2.05, 4.69) is 32.4 Å². The lowest BCUT2D eigenvalue weighted by Crippen LogP contribution is -2.35. The third kappa shape index (κ3) is 4.17. The number of rotatable bonds is 7. The maximum absolute atomic E-state index is 14.3. The van der Waals surface area contributed by atoms with Gasteiger partial charge in [-0.1, -0.05) is 54.5 Å². The summed E-state index contributed by atoms with van der Waals surface area (Å²) < 4.78 is 41.0. The van der Waals surface area contributed by atoms with Crippen LogP contribution in [0.5, 0.6) is 0 Å². The molecule has 1 aliphatic carbocycles. The van der Waals surface area contributed by atoms with Crippen molar-refractivity contribution in [2.45, 2.75) is 43.4 Å². The Balaban J connectivity index is 1.59. The molecule has 10 heteroatoms. The van der Waals surface area contributed by atoms with E-state index in [0.717, 1.165) is 48.0 Å². The SMILES string of the molecule is CCNS(=O)(=O)c1ccc(F)c(C(=O)Nc2nnc(C3(c4cccc(C)c4)CCC3)s2)c1. The summed E-state index contributed by atoms with van der Waals surface area (Å²) in [4.78, 5) is 12.5. The molecule has 3 aromatic rings. The molecule has 0 radical (unpaired) electrons. The number of amides is 1. The second-order valence-corrected chi connectivity index (χ2v) is 10.6. The number of carbonyl (C=O) groups is 1. The van der Waals surface area contributed by atoms with E-state index in [0.29, 0.717) is 0 Å². The van der Waals surface area contributed by atoms with E-state index in [9.17, 15) is 17.6 Å². The minimum absolute atomic E-state index is 0.178. The van der Waals surface area contributed by atoms with Crippen LogP contribution in [0.4, 0.5) is 9.52 Å². The molecule has 4 rings (SSSR count). The van der Waals surface area contributed by atoms with Crippen LogP contribution in [0.3, 0.4) is 0 Å².